The molecule has 0 fully saturated rings. The Morgan fingerprint density at radius 1 is 1.37 bits per heavy atom. The van der Waals surface area contributed by atoms with E-state index in [1.54, 1.807) is 42.6 Å². The first-order valence-corrected chi connectivity index (χ1v) is 6.71. The van der Waals surface area contributed by atoms with Crippen LogP contribution in [-0.2, 0) is 0 Å². The van der Waals surface area contributed by atoms with Crippen LogP contribution in [0, 0.1) is 0 Å². The van der Waals surface area contributed by atoms with Crippen molar-refractivity contribution in [2.24, 2.45) is 5.16 Å². The van der Waals surface area contributed by atoms with Gasteiger partial charge in [0.1, 0.15) is 4.88 Å². The molecule has 1 aromatic carbocycles. The van der Waals surface area contributed by atoms with Crippen molar-refractivity contribution < 1.29 is 10.0 Å². The second kappa shape index (κ2) is 5.86. The normalized spacial score (nSPS) is 11.4. The molecular weight excluding hydrogens is 284 g/mol. The van der Waals surface area contributed by atoms with Crippen LogP contribution >= 0.6 is 22.9 Å². The maximum atomic E-state index is 12.1. The summed E-state index contributed by atoms with van der Waals surface area (Å²) in [4.78, 5) is 12.5. The van der Waals surface area contributed by atoms with Gasteiger partial charge in [-0.25, -0.2) is 0 Å². The number of oxime groups is 1. The fourth-order valence-corrected chi connectivity index (χ4v) is 2.63. The Balaban J connectivity index is 2.30. The summed E-state index contributed by atoms with van der Waals surface area (Å²) in [6.45, 7) is 1.66. The van der Waals surface area contributed by atoms with E-state index in [4.69, 9.17) is 16.8 Å². The quantitative estimate of drug-likeness (QED) is 0.513. The number of hydrogen-bond acceptors (Lipinski definition) is 4. The van der Waals surface area contributed by atoms with Crippen LogP contribution in [0.15, 0.2) is 40.9 Å². The van der Waals surface area contributed by atoms with Gasteiger partial charge in [-0.15, -0.1) is 11.3 Å². The van der Waals surface area contributed by atoms with Gasteiger partial charge < -0.3 is 10.5 Å². The van der Waals surface area contributed by atoms with Gasteiger partial charge in [0, 0.05) is 5.56 Å². The van der Waals surface area contributed by atoms with E-state index in [9.17, 15) is 4.79 Å². The molecule has 0 saturated heterocycles. The van der Waals surface area contributed by atoms with Gasteiger partial charge in [-0.1, -0.05) is 35.0 Å². The number of carbonyl (C=O) groups excluding carboxylic acids is 1. The number of amides is 1. The number of anilines is 1. The molecule has 1 amide bonds. The van der Waals surface area contributed by atoms with Gasteiger partial charge in [0.2, 0.25) is 0 Å². The molecule has 1 heterocycles. The SMILES string of the molecule is C/C(=N/O)c1ccccc1NC(=O)c1sccc1Cl. The molecule has 0 aliphatic rings. The first-order valence-electron chi connectivity index (χ1n) is 5.46. The fraction of sp³-hybridized carbons (Fsp3) is 0.0769. The molecule has 2 aromatic rings. The predicted molar refractivity (Wildman–Crippen MR) is 77.7 cm³/mol. The highest BCUT2D eigenvalue weighted by Gasteiger charge is 2.14. The molecule has 2 N–H and O–H groups in total. The third kappa shape index (κ3) is 2.94. The third-order valence-electron chi connectivity index (χ3n) is 2.54. The first-order chi connectivity index (χ1) is 9.13. The molecule has 1 aromatic heterocycles. The minimum Gasteiger partial charge on any atom is -0.411 e. The molecule has 0 atom stereocenters. The zero-order chi connectivity index (χ0) is 13.8. The zero-order valence-electron chi connectivity index (χ0n) is 10.1. The Bertz CT molecular complexity index is 637. The van der Waals surface area contributed by atoms with E-state index in [0.29, 0.717) is 26.9 Å². The molecule has 0 saturated carbocycles. The van der Waals surface area contributed by atoms with Crippen LogP contribution in [-0.4, -0.2) is 16.8 Å². The van der Waals surface area contributed by atoms with Crippen molar-refractivity contribution in [2.45, 2.75) is 6.92 Å². The Kier molecular flexibility index (Phi) is 4.19. The summed E-state index contributed by atoms with van der Waals surface area (Å²) in [6.07, 6.45) is 0. The summed E-state index contributed by atoms with van der Waals surface area (Å²) in [5, 5.41) is 16.9. The monoisotopic (exact) mass is 294 g/mol. The maximum absolute atomic E-state index is 12.1. The standard InChI is InChI=1S/C13H11ClN2O2S/c1-8(16-18)9-4-2-3-5-11(9)15-13(17)12-10(14)6-7-19-12/h2-7,18H,1H3,(H,15,17)/b16-8-. The first kappa shape index (κ1) is 13.6. The van der Waals surface area contributed by atoms with Crippen molar-refractivity contribution in [3.63, 3.8) is 0 Å². The number of nitrogens with one attached hydrogen (secondary N) is 1. The lowest BCUT2D eigenvalue weighted by atomic mass is 10.1. The highest BCUT2D eigenvalue weighted by Crippen LogP contribution is 2.24. The number of nitrogens with zero attached hydrogens (tertiary/aromatic N) is 1. The average molecular weight is 295 g/mol. The topological polar surface area (TPSA) is 61.7 Å². The van der Waals surface area contributed by atoms with E-state index in [1.165, 1.54) is 11.3 Å². The van der Waals surface area contributed by atoms with E-state index in [-0.39, 0.29) is 5.91 Å². The van der Waals surface area contributed by atoms with E-state index in [0.717, 1.165) is 0 Å². The molecule has 2 rings (SSSR count). The van der Waals surface area contributed by atoms with Gasteiger partial charge >= 0.3 is 0 Å². The molecule has 0 bridgehead atoms. The van der Waals surface area contributed by atoms with Crippen LogP contribution in [0.1, 0.15) is 22.2 Å². The molecule has 0 aliphatic heterocycles. The average Bonchev–Trinajstić information content (AvgIpc) is 2.85. The molecule has 6 heteroatoms. The van der Waals surface area contributed by atoms with Crippen molar-refractivity contribution in [1.82, 2.24) is 0 Å². The van der Waals surface area contributed by atoms with Crippen LogP contribution in [0.2, 0.25) is 5.02 Å². The minimum atomic E-state index is -0.279. The second-order valence-electron chi connectivity index (χ2n) is 3.78. The van der Waals surface area contributed by atoms with E-state index in [1.807, 2.05) is 0 Å². The third-order valence-corrected chi connectivity index (χ3v) is 3.88. The molecule has 19 heavy (non-hydrogen) atoms. The Labute approximate surface area is 119 Å². The van der Waals surface area contributed by atoms with Gasteiger partial charge in [-0.3, -0.25) is 4.79 Å². The number of hydrogen-bond donors (Lipinski definition) is 2. The van der Waals surface area contributed by atoms with Gasteiger partial charge in [0.15, 0.2) is 0 Å². The fourth-order valence-electron chi connectivity index (χ4n) is 1.60. The second-order valence-corrected chi connectivity index (χ2v) is 5.11. The highest BCUT2D eigenvalue weighted by atomic mass is 35.5. The van der Waals surface area contributed by atoms with Crippen LogP contribution in [0.4, 0.5) is 5.69 Å². The molecule has 0 spiro atoms. The van der Waals surface area contributed by atoms with Crippen molar-refractivity contribution in [3.05, 3.63) is 51.2 Å². The van der Waals surface area contributed by atoms with Crippen LogP contribution < -0.4 is 5.32 Å². The van der Waals surface area contributed by atoms with Gasteiger partial charge in [0.05, 0.1) is 16.4 Å². The Hall–Kier alpha value is -1.85. The maximum Gasteiger partial charge on any atom is 0.267 e. The molecule has 0 radical (unpaired) electrons. The number of carbonyl (C=O) groups is 1. The Morgan fingerprint density at radius 3 is 2.74 bits per heavy atom. The van der Waals surface area contributed by atoms with E-state index in [2.05, 4.69) is 10.5 Å². The summed E-state index contributed by atoms with van der Waals surface area (Å²) >= 11 is 7.19. The summed E-state index contributed by atoms with van der Waals surface area (Å²) < 4.78 is 0. The van der Waals surface area contributed by atoms with Crippen molar-refractivity contribution in [1.29, 1.82) is 0 Å². The lowest BCUT2D eigenvalue weighted by molar-refractivity contribution is 0.103. The van der Waals surface area contributed by atoms with Crippen molar-refractivity contribution in [2.75, 3.05) is 5.32 Å². The number of benzene rings is 1. The smallest absolute Gasteiger partial charge is 0.267 e. The highest BCUT2D eigenvalue weighted by molar-refractivity contribution is 7.12. The number of thiophene rings is 1. The van der Waals surface area contributed by atoms with Crippen LogP contribution in [0.5, 0.6) is 0 Å². The Morgan fingerprint density at radius 2 is 2.11 bits per heavy atom. The van der Waals surface area contributed by atoms with Gasteiger partial charge in [0.25, 0.3) is 5.91 Å². The summed E-state index contributed by atoms with van der Waals surface area (Å²) in [5.74, 6) is -0.279. The predicted octanol–water partition coefficient (Wildman–Crippen LogP) is 3.85. The molecular formula is C13H11ClN2O2S. The number of halogens is 1. The zero-order valence-corrected chi connectivity index (χ0v) is 11.6. The van der Waals surface area contributed by atoms with E-state index >= 15 is 0 Å². The molecule has 0 aliphatic carbocycles. The number of rotatable bonds is 3. The minimum absolute atomic E-state index is 0.279. The summed E-state index contributed by atoms with van der Waals surface area (Å²) in [7, 11) is 0. The molecule has 0 unspecified atom stereocenters. The van der Waals surface area contributed by atoms with Crippen LogP contribution in [0.3, 0.4) is 0 Å². The van der Waals surface area contributed by atoms with E-state index < -0.39 is 0 Å². The molecule has 98 valence electrons. The lowest BCUT2D eigenvalue weighted by Gasteiger charge is -2.09. The molecule has 4 nitrogen and oxygen atoms in total. The summed E-state index contributed by atoms with van der Waals surface area (Å²) in [6, 6.07) is 8.77. The lowest BCUT2D eigenvalue weighted by Crippen LogP contribution is -2.13. The van der Waals surface area contributed by atoms with Crippen LogP contribution in [0.25, 0.3) is 0 Å². The van der Waals surface area contributed by atoms with Crippen molar-refractivity contribution >= 4 is 40.2 Å². The summed E-state index contributed by atoms with van der Waals surface area (Å²) in [5.41, 5.74) is 1.66. The van der Waals surface area contributed by atoms with Gasteiger partial charge in [-0.05, 0) is 24.4 Å². The largest absolute Gasteiger partial charge is 0.411 e. The number of para-hydroxylation sites is 1. The van der Waals surface area contributed by atoms with Gasteiger partial charge in [-0.2, -0.15) is 0 Å². The van der Waals surface area contributed by atoms with Crippen molar-refractivity contribution in [3.8, 4) is 0 Å².